The van der Waals surface area contributed by atoms with Crippen LogP contribution in [-0.2, 0) is 6.54 Å². The Labute approximate surface area is 114 Å². The number of hydrogen-bond donors (Lipinski definition) is 1. The molecular weight excluding hydrogens is 266 g/mol. The molecule has 2 N–H and O–H groups in total. The third-order valence-corrected chi connectivity index (χ3v) is 2.87. The molecule has 0 unspecified atom stereocenters. The summed E-state index contributed by atoms with van der Waals surface area (Å²) in [4.78, 5) is 13.3. The molecule has 0 aliphatic heterocycles. The highest BCUT2D eigenvalue weighted by Crippen LogP contribution is 2.21. The Morgan fingerprint density at radius 1 is 1.30 bits per heavy atom. The number of nitrogen functional groups attached to an aromatic ring is 1. The van der Waals surface area contributed by atoms with E-state index in [9.17, 15) is 13.6 Å². The Bertz CT molecular complexity index is 653. The van der Waals surface area contributed by atoms with E-state index in [1.165, 1.54) is 11.9 Å². The Hall–Kier alpha value is -2.37. The number of nitrogens with zero attached hydrogens (tertiary/aromatic N) is 1. The van der Waals surface area contributed by atoms with Crippen LogP contribution in [0.5, 0.6) is 0 Å². The maximum atomic E-state index is 13.8. The molecule has 2 rings (SSSR count). The minimum Gasteiger partial charge on any atom is -0.464 e. The van der Waals surface area contributed by atoms with Crippen molar-refractivity contribution in [2.75, 3.05) is 12.8 Å². The molecule has 2 aromatic rings. The molecule has 0 saturated heterocycles. The first-order chi connectivity index (χ1) is 9.40. The van der Waals surface area contributed by atoms with Gasteiger partial charge in [-0.1, -0.05) is 0 Å². The van der Waals surface area contributed by atoms with Crippen LogP contribution >= 0.6 is 0 Å². The zero-order valence-electron chi connectivity index (χ0n) is 11.1. The van der Waals surface area contributed by atoms with Gasteiger partial charge in [-0.2, -0.15) is 0 Å². The lowest BCUT2D eigenvalue weighted by molar-refractivity contribution is 0.0765. The molecule has 0 bridgehead atoms. The van der Waals surface area contributed by atoms with Crippen LogP contribution in [0.3, 0.4) is 0 Å². The number of halogens is 2. The van der Waals surface area contributed by atoms with Crippen molar-refractivity contribution in [1.29, 1.82) is 0 Å². The number of furan rings is 1. The number of benzene rings is 1. The predicted octanol–water partition coefficient (Wildman–Crippen LogP) is 2.72. The molecule has 0 fully saturated rings. The molecular formula is C14H14F2N2O2. The summed E-state index contributed by atoms with van der Waals surface area (Å²) in [5.74, 6) is -1.55. The highest BCUT2D eigenvalue weighted by Gasteiger charge is 2.23. The summed E-state index contributed by atoms with van der Waals surface area (Å²) in [6.07, 6.45) is 0. The van der Waals surface area contributed by atoms with Gasteiger partial charge in [-0.3, -0.25) is 4.79 Å². The molecule has 4 nitrogen and oxygen atoms in total. The molecule has 1 aromatic heterocycles. The lowest BCUT2D eigenvalue weighted by Gasteiger charge is -2.17. The van der Waals surface area contributed by atoms with E-state index in [1.54, 1.807) is 19.1 Å². The smallest absolute Gasteiger partial charge is 0.260 e. The predicted molar refractivity (Wildman–Crippen MR) is 70.0 cm³/mol. The Morgan fingerprint density at radius 3 is 2.60 bits per heavy atom. The maximum absolute atomic E-state index is 13.8. The summed E-state index contributed by atoms with van der Waals surface area (Å²) < 4.78 is 32.7. The van der Waals surface area contributed by atoms with E-state index in [4.69, 9.17) is 10.2 Å². The second kappa shape index (κ2) is 5.32. The quantitative estimate of drug-likeness (QED) is 0.879. The average Bonchev–Trinajstić information content (AvgIpc) is 2.79. The highest BCUT2D eigenvalue weighted by atomic mass is 19.1. The number of amides is 1. The van der Waals surface area contributed by atoms with E-state index in [0.29, 0.717) is 11.5 Å². The fraction of sp³-hybridized carbons (Fsp3) is 0.214. The molecule has 1 heterocycles. The summed E-state index contributed by atoms with van der Waals surface area (Å²) >= 11 is 0. The van der Waals surface area contributed by atoms with Crippen molar-refractivity contribution in [2.24, 2.45) is 0 Å². The van der Waals surface area contributed by atoms with Gasteiger partial charge < -0.3 is 15.1 Å². The van der Waals surface area contributed by atoms with Crippen molar-refractivity contribution in [3.63, 3.8) is 0 Å². The van der Waals surface area contributed by atoms with Gasteiger partial charge in [0.2, 0.25) is 0 Å². The molecule has 1 aromatic carbocycles. The first kappa shape index (κ1) is 14.0. The van der Waals surface area contributed by atoms with Crippen LogP contribution in [0.4, 0.5) is 14.5 Å². The van der Waals surface area contributed by atoms with Gasteiger partial charge in [0.05, 0.1) is 12.2 Å². The van der Waals surface area contributed by atoms with Crippen LogP contribution < -0.4 is 5.73 Å². The van der Waals surface area contributed by atoms with Crippen LogP contribution in [0.15, 0.2) is 28.7 Å². The summed E-state index contributed by atoms with van der Waals surface area (Å²) in [5, 5.41) is 0. The van der Waals surface area contributed by atoms with E-state index < -0.39 is 23.1 Å². The maximum Gasteiger partial charge on any atom is 0.260 e. The van der Waals surface area contributed by atoms with Gasteiger partial charge in [0.25, 0.3) is 5.91 Å². The fourth-order valence-corrected chi connectivity index (χ4v) is 1.83. The molecule has 0 atom stereocenters. The lowest BCUT2D eigenvalue weighted by atomic mass is 10.1. The topological polar surface area (TPSA) is 59.5 Å². The standard InChI is InChI=1S/C14H14F2N2O2/c1-8-3-4-9(20-8)7-18(2)14(19)12-10(15)5-6-11(17)13(12)16/h3-6H,7,17H2,1-2H3. The zero-order valence-corrected chi connectivity index (χ0v) is 11.1. The minimum absolute atomic E-state index is 0.111. The fourth-order valence-electron chi connectivity index (χ4n) is 1.83. The lowest BCUT2D eigenvalue weighted by Crippen LogP contribution is -2.28. The number of carbonyl (C=O) groups is 1. The van der Waals surface area contributed by atoms with Crippen molar-refractivity contribution >= 4 is 11.6 Å². The molecule has 0 aliphatic carbocycles. The summed E-state index contributed by atoms with van der Waals surface area (Å²) in [6.45, 7) is 1.88. The van der Waals surface area contributed by atoms with Crippen molar-refractivity contribution < 1.29 is 18.0 Å². The summed E-state index contributed by atoms with van der Waals surface area (Å²) in [6, 6.07) is 5.49. The van der Waals surface area contributed by atoms with Gasteiger partial charge in [-0.25, -0.2) is 8.78 Å². The highest BCUT2D eigenvalue weighted by molar-refractivity contribution is 5.95. The SMILES string of the molecule is Cc1ccc(CN(C)C(=O)c2c(F)ccc(N)c2F)o1. The van der Waals surface area contributed by atoms with Gasteiger partial charge in [-0.15, -0.1) is 0 Å². The molecule has 20 heavy (non-hydrogen) atoms. The number of nitrogens with two attached hydrogens (primary N) is 1. The van der Waals surface area contributed by atoms with E-state index in [1.807, 2.05) is 0 Å². The molecule has 1 amide bonds. The number of carbonyl (C=O) groups excluding carboxylic acids is 1. The largest absolute Gasteiger partial charge is 0.464 e. The molecule has 0 radical (unpaired) electrons. The number of hydrogen-bond acceptors (Lipinski definition) is 3. The van der Waals surface area contributed by atoms with Crippen molar-refractivity contribution in [3.05, 3.63) is 53.0 Å². The Morgan fingerprint density at radius 2 is 2.00 bits per heavy atom. The van der Waals surface area contributed by atoms with Gasteiger partial charge in [-0.05, 0) is 31.2 Å². The van der Waals surface area contributed by atoms with E-state index in [-0.39, 0.29) is 12.2 Å². The zero-order chi connectivity index (χ0) is 14.9. The van der Waals surface area contributed by atoms with Crippen LogP contribution in [0.1, 0.15) is 21.9 Å². The van der Waals surface area contributed by atoms with Gasteiger partial charge >= 0.3 is 0 Å². The van der Waals surface area contributed by atoms with E-state index in [2.05, 4.69) is 0 Å². The number of anilines is 1. The molecule has 6 heteroatoms. The second-order valence-electron chi connectivity index (χ2n) is 4.50. The van der Waals surface area contributed by atoms with Crippen LogP contribution in [0.25, 0.3) is 0 Å². The Balaban J connectivity index is 2.25. The number of rotatable bonds is 3. The van der Waals surface area contributed by atoms with Crippen LogP contribution in [0, 0.1) is 18.6 Å². The first-order valence-corrected chi connectivity index (χ1v) is 5.94. The van der Waals surface area contributed by atoms with Gasteiger partial charge in [0.1, 0.15) is 22.9 Å². The van der Waals surface area contributed by atoms with Crippen molar-refractivity contribution in [1.82, 2.24) is 4.90 Å². The van der Waals surface area contributed by atoms with Gasteiger partial charge in [0.15, 0.2) is 5.82 Å². The normalized spacial score (nSPS) is 10.6. The molecule has 106 valence electrons. The number of aryl methyl sites for hydroxylation is 1. The van der Waals surface area contributed by atoms with Crippen LogP contribution in [-0.4, -0.2) is 17.9 Å². The van der Waals surface area contributed by atoms with Crippen molar-refractivity contribution in [3.8, 4) is 0 Å². The minimum atomic E-state index is -1.04. The monoisotopic (exact) mass is 280 g/mol. The van der Waals surface area contributed by atoms with E-state index in [0.717, 1.165) is 12.1 Å². The summed E-state index contributed by atoms with van der Waals surface area (Å²) in [7, 11) is 1.43. The molecule has 0 spiro atoms. The molecule has 0 aliphatic rings. The average molecular weight is 280 g/mol. The third-order valence-electron chi connectivity index (χ3n) is 2.87. The second-order valence-corrected chi connectivity index (χ2v) is 4.50. The first-order valence-electron chi connectivity index (χ1n) is 5.94. The third kappa shape index (κ3) is 2.64. The summed E-state index contributed by atoms with van der Waals surface area (Å²) in [5.41, 5.74) is 4.43. The van der Waals surface area contributed by atoms with Crippen molar-refractivity contribution in [2.45, 2.75) is 13.5 Å². The molecule has 0 saturated carbocycles. The van der Waals surface area contributed by atoms with Gasteiger partial charge in [0, 0.05) is 7.05 Å². The van der Waals surface area contributed by atoms with E-state index >= 15 is 0 Å². The van der Waals surface area contributed by atoms with Crippen LogP contribution in [0.2, 0.25) is 0 Å². The Kier molecular flexibility index (Phi) is 3.74.